The predicted molar refractivity (Wildman–Crippen MR) is 63.2 cm³/mol. The summed E-state index contributed by atoms with van der Waals surface area (Å²) >= 11 is 7.48. The maximum absolute atomic E-state index is 5.71. The molecule has 1 atom stereocenters. The molecule has 1 aromatic heterocycles. The number of hydrogen-bond donors (Lipinski definition) is 1. The molecule has 0 amide bonds. The molecular formula is C10H17ClN2S. The van der Waals surface area contributed by atoms with Crippen LogP contribution in [0.3, 0.4) is 0 Å². The standard InChI is InChI=1S/C10H17ClN2S/c1-7(4-11)5-12-6-10-13-8(2)9(3)14-10/h7,12H,4-6H2,1-3H3. The molecule has 0 saturated carbocycles. The molecule has 80 valence electrons. The fraction of sp³-hybridized carbons (Fsp3) is 0.700. The van der Waals surface area contributed by atoms with Gasteiger partial charge in [0.2, 0.25) is 0 Å². The van der Waals surface area contributed by atoms with Crippen LogP contribution < -0.4 is 5.32 Å². The molecule has 1 N–H and O–H groups in total. The number of hydrogen-bond acceptors (Lipinski definition) is 3. The van der Waals surface area contributed by atoms with Crippen LogP contribution in [0.25, 0.3) is 0 Å². The van der Waals surface area contributed by atoms with Crippen LogP contribution in [0.4, 0.5) is 0 Å². The fourth-order valence-electron chi connectivity index (χ4n) is 1.09. The molecule has 0 bridgehead atoms. The van der Waals surface area contributed by atoms with Crippen molar-refractivity contribution in [3.63, 3.8) is 0 Å². The zero-order chi connectivity index (χ0) is 10.6. The van der Waals surface area contributed by atoms with Crippen molar-refractivity contribution in [2.24, 2.45) is 5.92 Å². The van der Waals surface area contributed by atoms with Gasteiger partial charge in [-0.3, -0.25) is 0 Å². The van der Waals surface area contributed by atoms with Crippen LogP contribution in [0.1, 0.15) is 22.5 Å². The molecule has 1 aromatic rings. The van der Waals surface area contributed by atoms with Crippen LogP contribution in [0, 0.1) is 19.8 Å². The Morgan fingerprint density at radius 3 is 2.71 bits per heavy atom. The summed E-state index contributed by atoms with van der Waals surface area (Å²) in [6.07, 6.45) is 0. The number of nitrogens with zero attached hydrogens (tertiary/aromatic N) is 1. The van der Waals surface area contributed by atoms with E-state index in [0.29, 0.717) is 11.8 Å². The number of halogens is 1. The molecule has 4 heteroatoms. The average molecular weight is 233 g/mol. The number of aryl methyl sites for hydroxylation is 2. The third-order valence-electron chi connectivity index (χ3n) is 2.11. The van der Waals surface area contributed by atoms with Crippen molar-refractivity contribution in [1.29, 1.82) is 0 Å². The Hall–Kier alpha value is -0.120. The van der Waals surface area contributed by atoms with Crippen LogP contribution in [-0.4, -0.2) is 17.4 Å². The summed E-state index contributed by atoms with van der Waals surface area (Å²) in [5.74, 6) is 1.24. The van der Waals surface area contributed by atoms with Gasteiger partial charge in [-0.2, -0.15) is 0 Å². The summed E-state index contributed by atoms with van der Waals surface area (Å²) in [4.78, 5) is 5.77. The number of aromatic nitrogens is 1. The van der Waals surface area contributed by atoms with Crippen molar-refractivity contribution < 1.29 is 0 Å². The van der Waals surface area contributed by atoms with Crippen molar-refractivity contribution in [2.75, 3.05) is 12.4 Å². The molecule has 0 spiro atoms. The summed E-state index contributed by atoms with van der Waals surface area (Å²) in [6, 6.07) is 0. The van der Waals surface area contributed by atoms with E-state index in [1.54, 1.807) is 11.3 Å². The van der Waals surface area contributed by atoms with Crippen molar-refractivity contribution in [3.05, 3.63) is 15.6 Å². The average Bonchev–Trinajstić information content (AvgIpc) is 2.46. The summed E-state index contributed by atoms with van der Waals surface area (Å²) in [5, 5.41) is 4.52. The third kappa shape index (κ3) is 3.56. The first-order valence-electron chi connectivity index (χ1n) is 4.83. The second-order valence-corrected chi connectivity index (χ2v) is 5.24. The van der Waals surface area contributed by atoms with Crippen LogP contribution in [0.5, 0.6) is 0 Å². The maximum atomic E-state index is 5.71. The van der Waals surface area contributed by atoms with E-state index in [0.717, 1.165) is 18.8 Å². The molecule has 1 rings (SSSR count). The topological polar surface area (TPSA) is 24.9 Å². The molecule has 0 aromatic carbocycles. The first-order valence-corrected chi connectivity index (χ1v) is 6.18. The van der Waals surface area contributed by atoms with Crippen LogP contribution in [-0.2, 0) is 6.54 Å². The van der Waals surface area contributed by atoms with Gasteiger partial charge in [0.05, 0.1) is 5.69 Å². The largest absolute Gasteiger partial charge is 0.310 e. The lowest BCUT2D eigenvalue weighted by Crippen LogP contribution is -2.21. The van der Waals surface area contributed by atoms with E-state index in [1.807, 2.05) is 0 Å². The fourth-order valence-corrected chi connectivity index (χ4v) is 2.11. The van der Waals surface area contributed by atoms with Crippen molar-refractivity contribution in [3.8, 4) is 0 Å². The van der Waals surface area contributed by atoms with Gasteiger partial charge in [0, 0.05) is 17.3 Å². The first-order chi connectivity index (χ1) is 6.63. The molecule has 0 fully saturated rings. The number of rotatable bonds is 5. The molecule has 0 aliphatic carbocycles. The van der Waals surface area contributed by atoms with Crippen molar-refractivity contribution >= 4 is 22.9 Å². The second kappa shape index (κ2) is 5.69. The number of alkyl halides is 1. The lowest BCUT2D eigenvalue weighted by atomic mass is 10.2. The minimum absolute atomic E-state index is 0.527. The molecule has 0 aliphatic rings. The van der Waals surface area contributed by atoms with Gasteiger partial charge in [0.15, 0.2) is 0 Å². The van der Waals surface area contributed by atoms with Gasteiger partial charge in [-0.1, -0.05) is 6.92 Å². The van der Waals surface area contributed by atoms with Gasteiger partial charge in [-0.15, -0.1) is 22.9 Å². The normalized spacial score (nSPS) is 13.1. The third-order valence-corrected chi connectivity index (χ3v) is 3.70. The zero-order valence-corrected chi connectivity index (χ0v) is 10.5. The number of thiazole rings is 1. The van der Waals surface area contributed by atoms with Gasteiger partial charge in [-0.05, 0) is 26.3 Å². The van der Waals surface area contributed by atoms with Gasteiger partial charge < -0.3 is 5.32 Å². The summed E-state index contributed by atoms with van der Waals surface area (Å²) in [6.45, 7) is 8.12. The van der Waals surface area contributed by atoms with E-state index in [9.17, 15) is 0 Å². The van der Waals surface area contributed by atoms with Gasteiger partial charge in [0.1, 0.15) is 5.01 Å². The van der Waals surface area contributed by atoms with E-state index in [1.165, 1.54) is 9.88 Å². The van der Waals surface area contributed by atoms with Gasteiger partial charge in [0.25, 0.3) is 0 Å². The van der Waals surface area contributed by atoms with Crippen LogP contribution in [0.15, 0.2) is 0 Å². The molecule has 1 unspecified atom stereocenters. The Morgan fingerprint density at radius 1 is 1.50 bits per heavy atom. The Bertz CT molecular complexity index is 266. The Balaban J connectivity index is 2.31. The molecule has 0 radical (unpaired) electrons. The number of nitrogens with one attached hydrogen (secondary N) is 1. The molecule has 0 aliphatic heterocycles. The van der Waals surface area contributed by atoms with E-state index < -0.39 is 0 Å². The summed E-state index contributed by atoms with van der Waals surface area (Å²) in [7, 11) is 0. The highest BCUT2D eigenvalue weighted by atomic mass is 35.5. The maximum Gasteiger partial charge on any atom is 0.107 e. The monoisotopic (exact) mass is 232 g/mol. The highest BCUT2D eigenvalue weighted by molar-refractivity contribution is 7.11. The van der Waals surface area contributed by atoms with Gasteiger partial charge >= 0.3 is 0 Å². The van der Waals surface area contributed by atoms with Crippen molar-refractivity contribution in [2.45, 2.75) is 27.3 Å². The summed E-state index contributed by atoms with van der Waals surface area (Å²) in [5.41, 5.74) is 1.15. The highest BCUT2D eigenvalue weighted by Crippen LogP contribution is 2.15. The van der Waals surface area contributed by atoms with E-state index in [2.05, 4.69) is 31.1 Å². The van der Waals surface area contributed by atoms with Crippen LogP contribution >= 0.6 is 22.9 Å². The van der Waals surface area contributed by atoms with E-state index in [-0.39, 0.29) is 0 Å². The molecular weight excluding hydrogens is 216 g/mol. The first kappa shape index (κ1) is 12.0. The summed E-state index contributed by atoms with van der Waals surface area (Å²) < 4.78 is 0. The Morgan fingerprint density at radius 2 is 2.21 bits per heavy atom. The molecule has 14 heavy (non-hydrogen) atoms. The smallest absolute Gasteiger partial charge is 0.107 e. The quantitative estimate of drug-likeness (QED) is 0.790. The molecule has 1 heterocycles. The molecule has 2 nitrogen and oxygen atoms in total. The molecule has 0 saturated heterocycles. The lowest BCUT2D eigenvalue weighted by Gasteiger charge is -2.07. The SMILES string of the molecule is Cc1nc(CNCC(C)CCl)sc1C. The minimum atomic E-state index is 0.527. The van der Waals surface area contributed by atoms with Gasteiger partial charge in [-0.25, -0.2) is 4.98 Å². The Kier molecular flexibility index (Phi) is 4.85. The minimum Gasteiger partial charge on any atom is -0.310 e. The second-order valence-electron chi connectivity index (χ2n) is 3.64. The van der Waals surface area contributed by atoms with E-state index in [4.69, 9.17) is 11.6 Å². The zero-order valence-electron chi connectivity index (χ0n) is 8.93. The highest BCUT2D eigenvalue weighted by Gasteiger charge is 2.04. The predicted octanol–water partition coefficient (Wildman–Crippen LogP) is 2.72. The van der Waals surface area contributed by atoms with Crippen LogP contribution in [0.2, 0.25) is 0 Å². The van der Waals surface area contributed by atoms with Crippen molar-refractivity contribution in [1.82, 2.24) is 10.3 Å². The van der Waals surface area contributed by atoms with E-state index >= 15 is 0 Å². The lowest BCUT2D eigenvalue weighted by molar-refractivity contribution is 0.556. The Labute approximate surface area is 94.7 Å².